The van der Waals surface area contributed by atoms with E-state index in [1.54, 1.807) is 0 Å². The minimum Gasteiger partial charge on any atom is -0.445 e. The Kier molecular flexibility index (Phi) is 7.65. The predicted octanol–water partition coefficient (Wildman–Crippen LogP) is 5.42. The number of nitrogens with one attached hydrogen (secondary N) is 1. The van der Waals surface area contributed by atoms with E-state index in [0.29, 0.717) is 13.3 Å². The first-order valence-electron chi connectivity index (χ1n) is 10.5. The van der Waals surface area contributed by atoms with E-state index in [2.05, 4.69) is 31.5 Å². The number of hydrogen-bond acceptors (Lipinski definition) is 4. The van der Waals surface area contributed by atoms with E-state index in [1.165, 1.54) is 0 Å². The number of benzene rings is 2. The Morgan fingerprint density at radius 1 is 1.19 bits per heavy atom. The fraction of sp³-hybridized carbons (Fsp3) is 0.333. The normalized spacial score (nSPS) is 11.5. The van der Waals surface area contributed by atoms with Crippen molar-refractivity contribution in [1.29, 1.82) is 0 Å². The Labute approximate surface area is 184 Å². The zero-order valence-electron chi connectivity index (χ0n) is 18.6. The molecule has 0 saturated carbocycles. The van der Waals surface area contributed by atoms with Crippen LogP contribution in [0.2, 0.25) is 25.7 Å². The number of carbonyl (C=O) groups is 1. The third-order valence-electron chi connectivity index (χ3n) is 4.91. The molecule has 1 heterocycles. The smallest absolute Gasteiger partial charge is 0.407 e. The first-order valence-corrected chi connectivity index (χ1v) is 14.2. The van der Waals surface area contributed by atoms with Crippen molar-refractivity contribution in [2.45, 2.75) is 45.6 Å². The summed E-state index contributed by atoms with van der Waals surface area (Å²) in [6.07, 6.45) is 1.33. The number of nitrogens with zero attached hydrogens (tertiary/aromatic N) is 2. The SMILES string of the molecule is C=Cc1ccc2nc(CNC(=O)OCc3ccccc3)n(COCC[Si](C)(C)C)c2c1. The summed E-state index contributed by atoms with van der Waals surface area (Å²) in [6, 6.07) is 16.7. The van der Waals surface area contributed by atoms with Crippen LogP contribution >= 0.6 is 0 Å². The monoisotopic (exact) mass is 437 g/mol. The quantitative estimate of drug-likeness (QED) is 0.340. The number of aromatic nitrogens is 2. The minimum absolute atomic E-state index is 0.228. The van der Waals surface area contributed by atoms with Crippen LogP contribution < -0.4 is 5.32 Å². The van der Waals surface area contributed by atoms with Gasteiger partial charge in [0.05, 0.1) is 17.6 Å². The third-order valence-corrected chi connectivity index (χ3v) is 6.61. The molecule has 0 unspecified atom stereocenters. The van der Waals surface area contributed by atoms with Gasteiger partial charge in [0, 0.05) is 14.7 Å². The summed E-state index contributed by atoms with van der Waals surface area (Å²) in [6.45, 7) is 12.4. The van der Waals surface area contributed by atoms with Crippen LogP contribution in [0.25, 0.3) is 17.1 Å². The highest BCUT2D eigenvalue weighted by molar-refractivity contribution is 6.76. The fourth-order valence-corrected chi connectivity index (χ4v) is 3.81. The van der Waals surface area contributed by atoms with Crippen molar-refractivity contribution in [1.82, 2.24) is 14.9 Å². The van der Waals surface area contributed by atoms with Crippen LogP contribution in [0.15, 0.2) is 55.1 Å². The van der Waals surface area contributed by atoms with E-state index >= 15 is 0 Å². The molecular formula is C24H31N3O3Si. The van der Waals surface area contributed by atoms with Crippen LogP contribution in [0.4, 0.5) is 4.79 Å². The van der Waals surface area contributed by atoms with Crippen LogP contribution in [-0.2, 0) is 29.4 Å². The summed E-state index contributed by atoms with van der Waals surface area (Å²) in [7, 11) is -1.17. The highest BCUT2D eigenvalue weighted by Gasteiger charge is 2.15. The molecule has 0 atom stereocenters. The molecular weight excluding hydrogens is 406 g/mol. The first-order chi connectivity index (χ1) is 14.9. The van der Waals surface area contributed by atoms with Gasteiger partial charge in [0.2, 0.25) is 0 Å². The molecule has 0 aliphatic rings. The summed E-state index contributed by atoms with van der Waals surface area (Å²) < 4.78 is 13.3. The highest BCUT2D eigenvalue weighted by Crippen LogP contribution is 2.19. The highest BCUT2D eigenvalue weighted by atomic mass is 28.3. The summed E-state index contributed by atoms with van der Waals surface area (Å²) in [4.78, 5) is 16.9. The number of ether oxygens (including phenoxy) is 2. The minimum atomic E-state index is -1.17. The number of hydrogen-bond donors (Lipinski definition) is 1. The average Bonchev–Trinajstić information content (AvgIpc) is 3.10. The molecule has 0 bridgehead atoms. The lowest BCUT2D eigenvalue weighted by Crippen LogP contribution is -2.26. The molecule has 31 heavy (non-hydrogen) atoms. The molecule has 1 N–H and O–H groups in total. The van der Waals surface area contributed by atoms with Crippen molar-refractivity contribution in [3.63, 3.8) is 0 Å². The van der Waals surface area contributed by atoms with Crippen LogP contribution in [0.5, 0.6) is 0 Å². The van der Waals surface area contributed by atoms with Crippen molar-refractivity contribution >= 4 is 31.3 Å². The van der Waals surface area contributed by atoms with Gasteiger partial charge in [-0.1, -0.05) is 68.7 Å². The Morgan fingerprint density at radius 3 is 2.68 bits per heavy atom. The number of fused-ring (bicyclic) bond motifs is 1. The molecule has 0 saturated heterocycles. The van der Waals surface area contributed by atoms with Gasteiger partial charge in [-0.05, 0) is 29.3 Å². The van der Waals surface area contributed by atoms with E-state index in [0.717, 1.165) is 34.0 Å². The lowest BCUT2D eigenvalue weighted by molar-refractivity contribution is 0.0873. The third kappa shape index (κ3) is 6.80. The van der Waals surface area contributed by atoms with Crippen LogP contribution in [0.1, 0.15) is 17.0 Å². The number of imidazole rings is 1. The number of carbonyl (C=O) groups excluding carboxylic acids is 1. The molecule has 0 spiro atoms. The van der Waals surface area contributed by atoms with Crippen molar-refractivity contribution in [2.75, 3.05) is 6.61 Å². The van der Waals surface area contributed by atoms with E-state index in [4.69, 9.17) is 14.5 Å². The van der Waals surface area contributed by atoms with Crippen molar-refractivity contribution in [2.24, 2.45) is 0 Å². The maximum Gasteiger partial charge on any atom is 0.407 e. The predicted molar refractivity (Wildman–Crippen MR) is 127 cm³/mol. The molecule has 6 nitrogen and oxygen atoms in total. The van der Waals surface area contributed by atoms with Crippen molar-refractivity contribution in [3.8, 4) is 0 Å². The Balaban J connectivity index is 1.67. The van der Waals surface area contributed by atoms with Crippen LogP contribution in [0, 0.1) is 0 Å². The number of rotatable bonds is 10. The molecule has 1 aromatic heterocycles. The standard InChI is InChI=1S/C24H31N3O3Si/c1-5-19-11-12-21-22(15-19)27(18-29-13-14-31(2,3)4)23(26-21)16-25-24(28)30-17-20-9-7-6-8-10-20/h5-12,15H,1,13-14,16-18H2,2-4H3,(H,25,28). The van der Waals surface area contributed by atoms with Crippen LogP contribution in [0.3, 0.4) is 0 Å². The Morgan fingerprint density at radius 2 is 1.97 bits per heavy atom. The molecule has 0 radical (unpaired) electrons. The number of amides is 1. The molecule has 3 rings (SSSR count). The van der Waals surface area contributed by atoms with Gasteiger partial charge in [-0.15, -0.1) is 0 Å². The largest absolute Gasteiger partial charge is 0.445 e. The van der Waals surface area contributed by atoms with Gasteiger partial charge in [0.1, 0.15) is 19.2 Å². The second kappa shape index (κ2) is 10.4. The van der Waals surface area contributed by atoms with Gasteiger partial charge < -0.3 is 19.4 Å². The molecule has 164 valence electrons. The molecule has 2 aromatic carbocycles. The second-order valence-corrected chi connectivity index (χ2v) is 14.3. The first kappa shape index (κ1) is 22.8. The molecule has 0 fully saturated rings. The topological polar surface area (TPSA) is 65.4 Å². The zero-order chi connectivity index (χ0) is 22.3. The van der Waals surface area contributed by atoms with Gasteiger partial charge in [0.15, 0.2) is 0 Å². The molecule has 1 amide bonds. The molecule has 0 aliphatic heterocycles. The summed E-state index contributed by atoms with van der Waals surface area (Å²) in [5, 5.41) is 2.80. The van der Waals surface area contributed by atoms with E-state index in [9.17, 15) is 4.79 Å². The summed E-state index contributed by atoms with van der Waals surface area (Å²) in [5.74, 6) is 0.723. The fourth-order valence-electron chi connectivity index (χ4n) is 3.06. The Bertz CT molecular complexity index is 1030. The van der Waals surface area contributed by atoms with Gasteiger partial charge in [-0.3, -0.25) is 0 Å². The van der Waals surface area contributed by atoms with E-state index in [1.807, 2.05) is 59.2 Å². The van der Waals surface area contributed by atoms with E-state index in [-0.39, 0.29) is 13.2 Å². The van der Waals surface area contributed by atoms with Crippen molar-refractivity contribution in [3.05, 3.63) is 72.1 Å². The second-order valence-electron chi connectivity index (χ2n) is 8.67. The van der Waals surface area contributed by atoms with Crippen molar-refractivity contribution < 1.29 is 14.3 Å². The zero-order valence-corrected chi connectivity index (χ0v) is 19.6. The van der Waals surface area contributed by atoms with Gasteiger partial charge in [-0.25, -0.2) is 9.78 Å². The number of alkyl carbamates (subject to hydrolysis) is 1. The maximum atomic E-state index is 12.2. The lowest BCUT2D eigenvalue weighted by atomic mass is 10.2. The maximum absolute atomic E-state index is 12.2. The molecule has 0 aliphatic carbocycles. The molecule has 3 aromatic rings. The van der Waals surface area contributed by atoms with Gasteiger partial charge in [0.25, 0.3) is 0 Å². The summed E-state index contributed by atoms with van der Waals surface area (Å²) in [5.41, 5.74) is 3.77. The van der Waals surface area contributed by atoms with Gasteiger partial charge in [-0.2, -0.15) is 0 Å². The lowest BCUT2D eigenvalue weighted by Gasteiger charge is -2.16. The van der Waals surface area contributed by atoms with Crippen LogP contribution in [-0.4, -0.2) is 30.3 Å². The Hall–Kier alpha value is -2.90. The average molecular weight is 438 g/mol. The van der Waals surface area contributed by atoms with E-state index < -0.39 is 14.2 Å². The summed E-state index contributed by atoms with van der Waals surface area (Å²) >= 11 is 0. The van der Waals surface area contributed by atoms with Gasteiger partial charge >= 0.3 is 6.09 Å². The molecule has 7 heteroatoms.